The van der Waals surface area contributed by atoms with E-state index in [0.29, 0.717) is 19.1 Å². The van der Waals surface area contributed by atoms with Crippen LogP contribution in [0.4, 0.5) is 5.69 Å². The standard InChI is InChI=1S/C19H24N4O.2ClH/c1-16-13-22(11-10-21-16)19(24)15-23(18-7-3-2-4-8-18)14-17-6-5-9-20-12-17;;/h2-9,12,16,21H,10-11,13-15H2,1H3;2*1H. The highest BCUT2D eigenvalue weighted by atomic mass is 35.5. The van der Waals surface area contributed by atoms with E-state index in [1.54, 1.807) is 6.20 Å². The number of pyridine rings is 1. The van der Waals surface area contributed by atoms with E-state index in [-0.39, 0.29) is 30.7 Å². The van der Waals surface area contributed by atoms with Gasteiger partial charge in [0.25, 0.3) is 0 Å². The van der Waals surface area contributed by atoms with Crippen molar-refractivity contribution in [2.24, 2.45) is 0 Å². The van der Waals surface area contributed by atoms with E-state index in [1.807, 2.05) is 53.6 Å². The highest BCUT2D eigenvalue weighted by Crippen LogP contribution is 2.17. The average molecular weight is 397 g/mol. The van der Waals surface area contributed by atoms with E-state index in [9.17, 15) is 4.79 Å². The van der Waals surface area contributed by atoms with Gasteiger partial charge in [0.05, 0.1) is 6.54 Å². The number of amides is 1. The Morgan fingerprint density at radius 2 is 2.00 bits per heavy atom. The fraction of sp³-hybridized carbons (Fsp3) is 0.368. The maximum Gasteiger partial charge on any atom is 0.242 e. The van der Waals surface area contributed by atoms with Crippen molar-refractivity contribution >= 4 is 36.4 Å². The minimum atomic E-state index is 0. The van der Waals surface area contributed by atoms with Gasteiger partial charge in [0.1, 0.15) is 0 Å². The molecule has 1 amide bonds. The van der Waals surface area contributed by atoms with Gasteiger partial charge < -0.3 is 15.1 Å². The van der Waals surface area contributed by atoms with Crippen LogP contribution in [0, 0.1) is 0 Å². The van der Waals surface area contributed by atoms with Gasteiger partial charge >= 0.3 is 0 Å². The summed E-state index contributed by atoms with van der Waals surface area (Å²) in [7, 11) is 0. The predicted octanol–water partition coefficient (Wildman–Crippen LogP) is 2.75. The number of halogens is 2. The molecule has 1 atom stereocenters. The van der Waals surface area contributed by atoms with Crippen LogP contribution in [0.2, 0.25) is 0 Å². The number of carbonyl (C=O) groups excluding carboxylic acids is 1. The molecule has 0 radical (unpaired) electrons. The molecule has 5 nitrogen and oxygen atoms in total. The Labute approximate surface area is 167 Å². The number of aromatic nitrogens is 1. The van der Waals surface area contributed by atoms with Crippen molar-refractivity contribution in [3.63, 3.8) is 0 Å². The Morgan fingerprint density at radius 3 is 2.65 bits per heavy atom. The molecule has 1 unspecified atom stereocenters. The molecule has 1 fully saturated rings. The smallest absolute Gasteiger partial charge is 0.242 e. The van der Waals surface area contributed by atoms with Crippen LogP contribution in [0.1, 0.15) is 12.5 Å². The van der Waals surface area contributed by atoms with Gasteiger partial charge in [-0.1, -0.05) is 24.3 Å². The molecule has 1 N–H and O–H groups in total. The van der Waals surface area contributed by atoms with Crippen LogP contribution in [0.3, 0.4) is 0 Å². The summed E-state index contributed by atoms with van der Waals surface area (Å²) in [6.07, 6.45) is 3.62. The van der Waals surface area contributed by atoms with Crippen LogP contribution in [0.15, 0.2) is 54.9 Å². The third-order valence-corrected chi connectivity index (χ3v) is 4.27. The quantitative estimate of drug-likeness (QED) is 0.843. The van der Waals surface area contributed by atoms with E-state index < -0.39 is 0 Å². The number of rotatable bonds is 5. The van der Waals surface area contributed by atoms with Crippen molar-refractivity contribution in [3.8, 4) is 0 Å². The van der Waals surface area contributed by atoms with E-state index in [1.165, 1.54) is 0 Å². The minimum absolute atomic E-state index is 0. The molecule has 0 spiro atoms. The Kier molecular flexibility index (Phi) is 9.41. The van der Waals surface area contributed by atoms with Crippen LogP contribution >= 0.6 is 24.8 Å². The zero-order valence-electron chi connectivity index (χ0n) is 14.9. The van der Waals surface area contributed by atoms with Gasteiger partial charge in [-0.05, 0) is 30.7 Å². The molecule has 3 rings (SSSR count). The second-order valence-electron chi connectivity index (χ2n) is 6.25. The van der Waals surface area contributed by atoms with Crippen molar-refractivity contribution in [2.45, 2.75) is 19.5 Å². The van der Waals surface area contributed by atoms with Crippen molar-refractivity contribution in [1.29, 1.82) is 0 Å². The Hall–Kier alpha value is -1.82. The average Bonchev–Trinajstić information content (AvgIpc) is 2.63. The van der Waals surface area contributed by atoms with E-state index in [4.69, 9.17) is 0 Å². The van der Waals surface area contributed by atoms with Crippen molar-refractivity contribution < 1.29 is 4.79 Å². The van der Waals surface area contributed by atoms with Crippen LogP contribution < -0.4 is 10.2 Å². The molecule has 2 heterocycles. The fourth-order valence-corrected chi connectivity index (χ4v) is 3.01. The van der Waals surface area contributed by atoms with Gasteiger partial charge in [0, 0.05) is 50.3 Å². The summed E-state index contributed by atoms with van der Waals surface area (Å²) in [6, 6.07) is 14.4. The molecule has 0 aliphatic carbocycles. The maximum atomic E-state index is 12.8. The van der Waals surface area contributed by atoms with Crippen molar-refractivity contribution in [2.75, 3.05) is 31.1 Å². The summed E-state index contributed by atoms with van der Waals surface area (Å²) in [5.41, 5.74) is 2.15. The molecule has 142 valence electrons. The second-order valence-corrected chi connectivity index (χ2v) is 6.25. The first kappa shape index (κ1) is 22.2. The number of carbonyl (C=O) groups is 1. The van der Waals surface area contributed by atoms with Crippen LogP contribution in [0.5, 0.6) is 0 Å². The second kappa shape index (κ2) is 11.0. The molecule has 1 saturated heterocycles. The Balaban J connectivity index is 0.00000169. The van der Waals surface area contributed by atoms with Gasteiger partial charge in [-0.25, -0.2) is 0 Å². The molecule has 7 heteroatoms. The van der Waals surface area contributed by atoms with Gasteiger partial charge in [-0.2, -0.15) is 0 Å². The number of benzene rings is 1. The number of hydrogen-bond donors (Lipinski definition) is 1. The number of nitrogens with zero attached hydrogens (tertiary/aromatic N) is 3. The van der Waals surface area contributed by atoms with Crippen LogP contribution in [0.25, 0.3) is 0 Å². The van der Waals surface area contributed by atoms with Gasteiger partial charge in [0.15, 0.2) is 0 Å². The highest BCUT2D eigenvalue weighted by Gasteiger charge is 2.22. The van der Waals surface area contributed by atoms with Crippen molar-refractivity contribution in [3.05, 3.63) is 60.4 Å². The molecule has 1 aromatic carbocycles. The minimum Gasteiger partial charge on any atom is -0.358 e. The molecule has 1 aliphatic rings. The van der Waals surface area contributed by atoms with Crippen molar-refractivity contribution in [1.82, 2.24) is 15.2 Å². The lowest BCUT2D eigenvalue weighted by Crippen LogP contribution is -2.53. The number of anilines is 1. The molecular weight excluding hydrogens is 371 g/mol. The normalized spacial score (nSPS) is 16.2. The zero-order chi connectivity index (χ0) is 16.8. The summed E-state index contributed by atoms with van der Waals surface area (Å²) in [5.74, 6) is 0.177. The van der Waals surface area contributed by atoms with Crippen LogP contribution in [-0.4, -0.2) is 48.0 Å². The monoisotopic (exact) mass is 396 g/mol. The summed E-state index contributed by atoms with van der Waals surface area (Å²) < 4.78 is 0. The zero-order valence-corrected chi connectivity index (χ0v) is 16.5. The molecule has 0 saturated carbocycles. The third kappa shape index (κ3) is 6.16. The summed E-state index contributed by atoms with van der Waals surface area (Å²) in [4.78, 5) is 21.0. The number of para-hydroxylation sites is 1. The lowest BCUT2D eigenvalue weighted by atomic mass is 10.2. The Bertz CT molecular complexity index is 657. The molecule has 1 aromatic heterocycles. The van der Waals surface area contributed by atoms with Gasteiger partial charge in [-0.3, -0.25) is 9.78 Å². The lowest BCUT2D eigenvalue weighted by molar-refractivity contribution is -0.130. The first-order valence-electron chi connectivity index (χ1n) is 8.42. The molecule has 1 aliphatic heterocycles. The fourth-order valence-electron chi connectivity index (χ4n) is 3.01. The molecule has 0 bridgehead atoms. The molecule has 2 aromatic rings. The summed E-state index contributed by atoms with van der Waals surface area (Å²) >= 11 is 0. The van der Waals surface area contributed by atoms with E-state index in [0.717, 1.165) is 30.9 Å². The molecular formula is C19H26Cl2N4O. The summed E-state index contributed by atoms with van der Waals surface area (Å²) in [6.45, 7) is 5.58. The van der Waals surface area contributed by atoms with Gasteiger partial charge in [-0.15, -0.1) is 24.8 Å². The van der Waals surface area contributed by atoms with Crippen LogP contribution in [-0.2, 0) is 11.3 Å². The predicted molar refractivity (Wildman–Crippen MR) is 110 cm³/mol. The lowest BCUT2D eigenvalue weighted by Gasteiger charge is -2.34. The SMILES string of the molecule is CC1CN(C(=O)CN(Cc2cccnc2)c2ccccc2)CCN1.Cl.Cl. The third-order valence-electron chi connectivity index (χ3n) is 4.27. The summed E-state index contributed by atoms with van der Waals surface area (Å²) in [5, 5.41) is 3.38. The maximum absolute atomic E-state index is 12.8. The topological polar surface area (TPSA) is 48.5 Å². The number of hydrogen-bond acceptors (Lipinski definition) is 4. The molecule has 26 heavy (non-hydrogen) atoms. The van der Waals surface area contributed by atoms with Gasteiger partial charge in [0.2, 0.25) is 5.91 Å². The van der Waals surface area contributed by atoms with E-state index >= 15 is 0 Å². The first-order valence-corrected chi connectivity index (χ1v) is 8.42. The first-order chi connectivity index (χ1) is 11.7. The number of nitrogens with one attached hydrogen (secondary N) is 1. The van der Waals surface area contributed by atoms with E-state index in [2.05, 4.69) is 22.1 Å². The largest absolute Gasteiger partial charge is 0.358 e. The number of piperazine rings is 1. The Morgan fingerprint density at radius 1 is 1.23 bits per heavy atom. The highest BCUT2D eigenvalue weighted by molar-refractivity contribution is 5.85.